The van der Waals surface area contributed by atoms with E-state index in [1.165, 1.54) is 0 Å². The van der Waals surface area contributed by atoms with E-state index in [1.54, 1.807) is 18.0 Å². The maximum absolute atomic E-state index is 12.5. The zero-order valence-electron chi connectivity index (χ0n) is 11.4. The van der Waals surface area contributed by atoms with Crippen LogP contribution in [-0.2, 0) is 19.5 Å². The molecule has 0 unspecified atom stereocenters. The quantitative estimate of drug-likeness (QED) is 0.903. The van der Waals surface area contributed by atoms with Gasteiger partial charge in [-0.05, 0) is 19.0 Å². The molecule has 5 heteroatoms. The zero-order chi connectivity index (χ0) is 13.9. The van der Waals surface area contributed by atoms with Crippen LogP contribution in [-0.4, -0.2) is 23.2 Å². The van der Waals surface area contributed by atoms with E-state index >= 15 is 0 Å². The second kappa shape index (κ2) is 5.46. The van der Waals surface area contributed by atoms with Gasteiger partial charge in [0.05, 0.1) is 25.7 Å². The predicted molar refractivity (Wildman–Crippen MR) is 76.0 cm³/mol. The first-order chi connectivity index (χ1) is 9.79. The molecule has 1 aliphatic heterocycles. The lowest BCUT2D eigenvalue weighted by Crippen LogP contribution is -2.34. The van der Waals surface area contributed by atoms with Gasteiger partial charge >= 0.3 is 0 Å². The van der Waals surface area contributed by atoms with Crippen molar-refractivity contribution in [3.8, 4) is 5.75 Å². The summed E-state index contributed by atoms with van der Waals surface area (Å²) in [6.07, 6.45) is 2.37. The highest BCUT2D eigenvalue weighted by Crippen LogP contribution is 2.18. The fourth-order valence-corrected chi connectivity index (χ4v) is 2.52. The van der Waals surface area contributed by atoms with Crippen molar-refractivity contribution in [2.75, 3.05) is 13.7 Å². The van der Waals surface area contributed by atoms with Crippen LogP contribution in [0.2, 0.25) is 0 Å². The van der Waals surface area contributed by atoms with E-state index in [2.05, 4.69) is 10.3 Å². The number of benzene rings is 1. The summed E-state index contributed by atoms with van der Waals surface area (Å²) in [6.45, 7) is 2.00. The van der Waals surface area contributed by atoms with E-state index in [0.717, 1.165) is 35.5 Å². The van der Waals surface area contributed by atoms with Crippen molar-refractivity contribution < 1.29 is 4.74 Å². The van der Waals surface area contributed by atoms with Gasteiger partial charge in [0, 0.05) is 17.7 Å². The number of aromatic nitrogens is 2. The Morgan fingerprint density at radius 1 is 1.40 bits per heavy atom. The molecule has 0 aliphatic carbocycles. The van der Waals surface area contributed by atoms with Crippen LogP contribution < -0.4 is 15.6 Å². The van der Waals surface area contributed by atoms with E-state index in [-0.39, 0.29) is 5.56 Å². The molecule has 5 nitrogen and oxygen atoms in total. The number of hydrogen-bond donors (Lipinski definition) is 1. The first-order valence-electron chi connectivity index (χ1n) is 6.69. The van der Waals surface area contributed by atoms with Crippen LogP contribution in [0.25, 0.3) is 0 Å². The van der Waals surface area contributed by atoms with Gasteiger partial charge in [-0.2, -0.15) is 0 Å². The zero-order valence-corrected chi connectivity index (χ0v) is 11.4. The molecule has 0 amide bonds. The molecule has 0 spiro atoms. The lowest BCUT2D eigenvalue weighted by Gasteiger charge is -2.17. The molecule has 0 saturated carbocycles. The average Bonchev–Trinajstić information content (AvgIpc) is 2.51. The van der Waals surface area contributed by atoms with E-state index in [1.807, 2.05) is 24.3 Å². The lowest BCUT2D eigenvalue weighted by atomic mass is 10.1. The molecule has 1 aromatic heterocycles. The first kappa shape index (κ1) is 12.9. The van der Waals surface area contributed by atoms with Gasteiger partial charge in [-0.15, -0.1) is 0 Å². The van der Waals surface area contributed by atoms with Crippen molar-refractivity contribution in [3.63, 3.8) is 0 Å². The van der Waals surface area contributed by atoms with Gasteiger partial charge in [0.2, 0.25) is 0 Å². The van der Waals surface area contributed by atoms with Gasteiger partial charge in [0.15, 0.2) is 0 Å². The Kier molecular flexibility index (Phi) is 3.52. The number of para-hydroxylation sites is 1. The average molecular weight is 271 g/mol. The highest BCUT2D eigenvalue weighted by molar-refractivity contribution is 5.33. The number of rotatable bonds is 3. The van der Waals surface area contributed by atoms with Crippen molar-refractivity contribution in [2.45, 2.75) is 19.5 Å². The molecule has 1 aromatic carbocycles. The molecule has 0 atom stereocenters. The third-order valence-corrected chi connectivity index (χ3v) is 3.60. The van der Waals surface area contributed by atoms with Crippen LogP contribution in [0.3, 0.4) is 0 Å². The minimum atomic E-state index is 0.0578. The number of methoxy groups -OCH3 is 1. The minimum Gasteiger partial charge on any atom is -0.496 e. The standard InChI is InChI=1S/C15H17N3O2/c1-20-14-5-3-2-4-11(14)9-18-10-17-13-8-16-7-6-12(13)15(18)19/h2-5,10,16H,6-9H2,1H3. The fraction of sp³-hybridized carbons (Fsp3) is 0.333. The van der Waals surface area contributed by atoms with Crippen LogP contribution in [0.15, 0.2) is 35.4 Å². The van der Waals surface area contributed by atoms with E-state index in [0.29, 0.717) is 13.1 Å². The van der Waals surface area contributed by atoms with Crippen LogP contribution in [0.1, 0.15) is 16.8 Å². The molecule has 2 heterocycles. The van der Waals surface area contributed by atoms with Crippen LogP contribution >= 0.6 is 0 Å². The fourth-order valence-electron chi connectivity index (χ4n) is 2.52. The van der Waals surface area contributed by atoms with Crippen molar-refractivity contribution in [1.82, 2.24) is 14.9 Å². The summed E-state index contributed by atoms with van der Waals surface area (Å²) in [4.78, 5) is 16.9. The lowest BCUT2D eigenvalue weighted by molar-refractivity contribution is 0.408. The molecular weight excluding hydrogens is 254 g/mol. The smallest absolute Gasteiger partial charge is 0.257 e. The number of nitrogens with zero attached hydrogens (tertiary/aromatic N) is 2. The third kappa shape index (κ3) is 2.32. The Hall–Kier alpha value is -2.14. The van der Waals surface area contributed by atoms with Crippen LogP contribution in [0, 0.1) is 0 Å². The molecule has 1 aliphatic rings. The van der Waals surface area contributed by atoms with Crippen molar-refractivity contribution in [1.29, 1.82) is 0 Å². The molecule has 1 N–H and O–H groups in total. The van der Waals surface area contributed by atoms with Crippen molar-refractivity contribution in [2.24, 2.45) is 0 Å². The van der Waals surface area contributed by atoms with Gasteiger partial charge in [-0.1, -0.05) is 18.2 Å². The largest absolute Gasteiger partial charge is 0.496 e. The van der Waals surface area contributed by atoms with Crippen LogP contribution in [0.5, 0.6) is 5.75 Å². The predicted octanol–water partition coefficient (Wildman–Crippen LogP) is 0.946. The summed E-state index contributed by atoms with van der Waals surface area (Å²) in [5.74, 6) is 0.791. The highest BCUT2D eigenvalue weighted by Gasteiger charge is 2.15. The highest BCUT2D eigenvalue weighted by atomic mass is 16.5. The molecule has 104 valence electrons. The van der Waals surface area contributed by atoms with E-state index in [4.69, 9.17) is 4.74 Å². The molecule has 0 saturated heterocycles. The van der Waals surface area contributed by atoms with Crippen molar-refractivity contribution in [3.05, 3.63) is 57.8 Å². The van der Waals surface area contributed by atoms with Gasteiger partial charge in [0.1, 0.15) is 5.75 Å². The maximum atomic E-state index is 12.5. The Morgan fingerprint density at radius 3 is 3.10 bits per heavy atom. The van der Waals surface area contributed by atoms with Crippen LogP contribution in [0.4, 0.5) is 0 Å². The molecule has 20 heavy (non-hydrogen) atoms. The maximum Gasteiger partial charge on any atom is 0.257 e. The normalized spacial score (nSPS) is 13.8. The Bertz CT molecular complexity index is 679. The van der Waals surface area contributed by atoms with Gasteiger partial charge in [-0.3, -0.25) is 9.36 Å². The number of fused-ring (bicyclic) bond motifs is 1. The first-order valence-corrected chi connectivity index (χ1v) is 6.69. The molecule has 0 bridgehead atoms. The minimum absolute atomic E-state index is 0.0578. The number of ether oxygens (including phenoxy) is 1. The summed E-state index contributed by atoms with van der Waals surface area (Å²) in [5.41, 5.74) is 2.74. The molecule has 3 rings (SSSR count). The van der Waals surface area contributed by atoms with E-state index in [9.17, 15) is 4.79 Å². The Labute approximate surface area is 117 Å². The molecule has 0 fully saturated rings. The summed E-state index contributed by atoms with van der Waals surface area (Å²) in [6, 6.07) is 7.73. The monoisotopic (exact) mass is 271 g/mol. The van der Waals surface area contributed by atoms with E-state index < -0.39 is 0 Å². The molecular formula is C15H17N3O2. The molecule has 0 radical (unpaired) electrons. The van der Waals surface area contributed by atoms with Gasteiger partial charge in [-0.25, -0.2) is 4.98 Å². The second-order valence-corrected chi connectivity index (χ2v) is 4.84. The summed E-state index contributed by atoms with van der Waals surface area (Å²) < 4.78 is 6.98. The number of hydrogen-bond acceptors (Lipinski definition) is 4. The van der Waals surface area contributed by atoms with Gasteiger partial charge < -0.3 is 10.1 Å². The SMILES string of the molecule is COc1ccccc1Cn1cnc2c(c1=O)CCNC2. The van der Waals surface area contributed by atoms with Gasteiger partial charge in [0.25, 0.3) is 5.56 Å². The topological polar surface area (TPSA) is 56.2 Å². The Morgan fingerprint density at radius 2 is 2.25 bits per heavy atom. The van der Waals surface area contributed by atoms with Crippen molar-refractivity contribution >= 4 is 0 Å². The summed E-state index contributed by atoms with van der Waals surface area (Å²) >= 11 is 0. The molecule has 2 aromatic rings. The Balaban J connectivity index is 1.97. The number of nitrogens with one attached hydrogen (secondary N) is 1. The second-order valence-electron chi connectivity index (χ2n) is 4.84. The third-order valence-electron chi connectivity index (χ3n) is 3.60. The summed E-state index contributed by atoms with van der Waals surface area (Å²) in [5, 5.41) is 3.22. The summed E-state index contributed by atoms with van der Waals surface area (Å²) in [7, 11) is 1.64.